The first-order valence-electron chi connectivity index (χ1n) is 8.04. The summed E-state index contributed by atoms with van der Waals surface area (Å²) in [5.74, 6) is 0. The summed E-state index contributed by atoms with van der Waals surface area (Å²) in [7, 11) is 2.16. The van der Waals surface area contributed by atoms with Gasteiger partial charge in [0.15, 0.2) is 0 Å². The van der Waals surface area contributed by atoms with Gasteiger partial charge in [-0.1, -0.05) is 39.5 Å². The monoisotopic (exact) mass is 252 g/mol. The molecule has 2 nitrogen and oxygen atoms in total. The lowest BCUT2D eigenvalue weighted by molar-refractivity contribution is 0.0523. The molecular weight excluding hydrogens is 220 g/mol. The SMILES string of the molecule is CNC1CCCCCCC1N1CCCC(C)(C)C1. The van der Waals surface area contributed by atoms with Gasteiger partial charge >= 0.3 is 0 Å². The largest absolute Gasteiger partial charge is 0.315 e. The number of likely N-dealkylation sites (tertiary alicyclic amines) is 1. The second kappa shape index (κ2) is 6.38. The molecule has 18 heavy (non-hydrogen) atoms. The van der Waals surface area contributed by atoms with Crippen LogP contribution in [0, 0.1) is 5.41 Å². The molecule has 1 saturated heterocycles. The lowest BCUT2D eigenvalue weighted by atomic mass is 9.81. The maximum absolute atomic E-state index is 3.60. The first-order chi connectivity index (χ1) is 8.62. The van der Waals surface area contributed by atoms with Gasteiger partial charge in [-0.3, -0.25) is 4.90 Å². The average molecular weight is 252 g/mol. The molecule has 2 fully saturated rings. The summed E-state index contributed by atoms with van der Waals surface area (Å²) >= 11 is 0. The van der Waals surface area contributed by atoms with E-state index in [1.807, 2.05) is 0 Å². The third-order valence-corrected chi connectivity index (χ3v) is 5.00. The fourth-order valence-electron chi connectivity index (χ4n) is 3.99. The molecule has 2 aliphatic rings. The van der Waals surface area contributed by atoms with E-state index in [-0.39, 0.29) is 0 Å². The van der Waals surface area contributed by atoms with E-state index in [1.165, 1.54) is 64.5 Å². The minimum atomic E-state index is 0.527. The minimum absolute atomic E-state index is 0.527. The molecule has 1 aliphatic carbocycles. The molecule has 0 aromatic carbocycles. The van der Waals surface area contributed by atoms with Gasteiger partial charge in [0.1, 0.15) is 0 Å². The predicted molar refractivity (Wildman–Crippen MR) is 78.9 cm³/mol. The normalized spacial score (nSPS) is 34.8. The van der Waals surface area contributed by atoms with Gasteiger partial charge in [-0.05, 0) is 44.7 Å². The quantitative estimate of drug-likeness (QED) is 0.810. The average Bonchev–Trinajstić information content (AvgIpc) is 2.27. The van der Waals surface area contributed by atoms with E-state index in [0.29, 0.717) is 5.41 Å². The van der Waals surface area contributed by atoms with Gasteiger partial charge < -0.3 is 5.32 Å². The summed E-state index contributed by atoms with van der Waals surface area (Å²) < 4.78 is 0. The zero-order chi connectivity index (χ0) is 13.0. The van der Waals surface area contributed by atoms with Crippen LogP contribution < -0.4 is 5.32 Å². The molecule has 1 heterocycles. The van der Waals surface area contributed by atoms with Crippen molar-refractivity contribution >= 4 is 0 Å². The van der Waals surface area contributed by atoms with Crippen molar-refractivity contribution in [2.45, 2.75) is 77.3 Å². The Labute approximate surface area is 114 Å². The number of nitrogens with zero attached hydrogens (tertiary/aromatic N) is 1. The molecule has 1 aliphatic heterocycles. The van der Waals surface area contributed by atoms with Gasteiger partial charge in [-0.15, -0.1) is 0 Å². The minimum Gasteiger partial charge on any atom is -0.315 e. The van der Waals surface area contributed by atoms with Crippen molar-refractivity contribution in [2.24, 2.45) is 5.41 Å². The zero-order valence-corrected chi connectivity index (χ0v) is 12.7. The Kier molecular flexibility index (Phi) is 5.08. The fourth-order valence-corrected chi connectivity index (χ4v) is 3.99. The highest BCUT2D eigenvalue weighted by molar-refractivity contribution is 4.90. The molecular formula is C16H32N2. The molecule has 106 valence electrons. The summed E-state index contributed by atoms with van der Waals surface area (Å²) in [5.41, 5.74) is 0.527. The van der Waals surface area contributed by atoms with E-state index in [2.05, 4.69) is 31.1 Å². The summed E-state index contributed by atoms with van der Waals surface area (Å²) in [4.78, 5) is 2.80. The molecule has 1 N–H and O–H groups in total. The molecule has 2 unspecified atom stereocenters. The maximum Gasteiger partial charge on any atom is 0.0249 e. The van der Waals surface area contributed by atoms with Crippen LogP contribution in [0.3, 0.4) is 0 Å². The van der Waals surface area contributed by atoms with Crippen molar-refractivity contribution in [3.05, 3.63) is 0 Å². The standard InChI is InChI=1S/C16H32N2/c1-16(2)11-8-12-18(13-16)15-10-7-5-4-6-9-14(15)17-3/h14-15,17H,4-13H2,1-3H3. The third kappa shape index (κ3) is 3.71. The van der Waals surface area contributed by atoms with Crippen molar-refractivity contribution in [2.75, 3.05) is 20.1 Å². The highest BCUT2D eigenvalue weighted by Gasteiger charge is 2.33. The fraction of sp³-hybridized carbons (Fsp3) is 1.00. The number of likely N-dealkylation sites (N-methyl/N-ethyl adjacent to an activating group) is 1. The van der Waals surface area contributed by atoms with E-state index >= 15 is 0 Å². The van der Waals surface area contributed by atoms with Gasteiger partial charge in [0.25, 0.3) is 0 Å². The molecule has 2 heteroatoms. The number of piperidine rings is 1. The van der Waals surface area contributed by atoms with Crippen LogP contribution in [0.15, 0.2) is 0 Å². The van der Waals surface area contributed by atoms with E-state index in [1.54, 1.807) is 0 Å². The van der Waals surface area contributed by atoms with Crippen LogP contribution in [-0.2, 0) is 0 Å². The molecule has 2 atom stereocenters. The van der Waals surface area contributed by atoms with E-state index in [0.717, 1.165) is 12.1 Å². The molecule has 0 radical (unpaired) electrons. The Hall–Kier alpha value is -0.0800. The van der Waals surface area contributed by atoms with Crippen molar-refractivity contribution in [1.29, 1.82) is 0 Å². The van der Waals surface area contributed by atoms with Gasteiger partial charge in [-0.25, -0.2) is 0 Å². The third-order valence-electron chi connectivity index (χ3n) is 5.00. The van der Waals surface area contributed by atoms with Gasteiger partial charge in [0, 0.05) is 18.6 Å². The maximum atomic E-state index is 3.60. The second-order valence-corrected chi connectivity index (χ2v) is 7.19. The summed E-state index contributed by atoms with van der Waals surface area (Å²) in [5, 5.41) is 3.60. The molecule has 0 spiro atoms. The van der Waals surface area contributed by atoms with Crippen LogP contribution in [-0.4, -0.2) is 37.1 Å². The lowest BCUT2D eigenvalue weighted by Gasteiger charge is -2.45. The second-order valence-electron chi connectivity index (χ2n) is 7.19. The van der Waals surface area contributed by atoms with Gasteiger partial charge in [0.05, 0.1) is 0 Å². The number of rotatable bonds is 2. The number of nitrogens with one attached hydrogen (secondary N) is 1. The predicted octanol–water partition coefficient (Wildman–Crippen LogP) is 3.42. The topological polar surface area (TPSA) is 15.3 Å². The number of hydrogen-bond acceptors (Lipinski definition) is 2. The zero-order valence-electron chi connectivity index (χ0n) is 12.7. The molecule has 0 aromatic rings. The Morgan fingerprint density at radius 2 is 1.72 bits per heavy atom. The van der Waals surface area contributed by atoms with E-state index < -0.39 is 0 Å². The smallest absolute Gasteiger partial charge is 0.0249 e. The van der Waals surface area contributed by atoms with Crippen LogP contribution in [0.25, 0.3) is 0 Å². The van der Waals surface area contributed by atoms with Crippen LogP contribution >= 0.6 is 0 Å². The van der Waals surface area contributed by atoms with Crippen LogP contribution in [0.1, 0.15) is 65.2 Å². The van der Waals surface area contributed by atoms with Crippen molar-refractivity contribution in [1.82, 2.24) is 10.2 Å². The molecule has 2 rings (SSSR count). The van der Waals surface area contributed by atoms with E-state index in [4.69, 9.17) is 0 Å². The van der Waals surface area contributed by atoms with Crippen LogP contribution in [0.2, 0.25) is 0 Å². The molecule has 0 aromatic heterocycles. The summed E-state index contributed by atoms with van der Waals surface area (Å²) in [6.07, 6.45) is 11.3. The highest BCUT2D eigenvalue weighted by Crippen LogP contribution is 2.32. The van der Waals surface area contributed by atoms with Crippen molar-refractivity contribution in [3.8, 4) is 0 Å². The van der Waals surface area contributed by atoms with Crippen molar-refractivity contribution in [3.63, 3.8) is 0 Å². The Morgan fingerprint density at radius 3 is 2.39 bits per heavy atom. The van der Waals surface area contributed by atoms with Crippen molar-refractivity contribution < 1.29 is 0 Å². The first-order valence-corrected chi connectivity index (χ1v) is 8.04. The summed E-state index contributed by atoms with van der Waals surface area (Å²) in [6, 6.07) is 1.51. The Bertz CT molecular complexity index is 249. The van der Waals surface area contributed by atoms with E-state index in [9.17, 15) is 0 Å². The summed E-state index contributed by atoms with van der Waals surface area (Å²) in [6.45, 7) is 7.51. The van der Waals surface area contributed by atoms with Crippen LogP contribution in [0.4, 0.5) is 0 Å². The highest BCUT2D eigenvalue weighted by atomic mass is 15.2. The Balaban J connectivity index is 2.01. The molecule has 1 saturated carbocycles. The molecule has 0 bridgehead atoms. The van der Waals surface area contributed by atoms with Crippen LogP contribution in [0.5, 0.6) is 0 Å². The first kappa shape index (κ1) is 14.3. The van der Waals surface area contributed by atoms with Gasteiger partial charge in [-0.2, -0.15) is 0 Å². The lowest BCUT2D eigenvalue weighted by Crippen LogP contribution is -2.54. The number of hydrogen-bond donors (Lipinski definition) is 1. The Morgan fingerprint density at radius 1 is 1.00 bits per heavy atom. The molecule has 0 amide bonds. The van der Waals surface area contributed by atoms with Gasteiger partial charge in [0.2, 0.25) is 0 Å².